The lowest BCUT2D eigenvalue weighted by Crippen LogP contribution is -2.65. The van der Waals surface area contributed by atoms with Gasteiger partial charge in [-0.3, -0.25) is 52.7 Å². The molecular formula is C65H113N11O14. The van der Waals surface area contributed by atoms with Gasteiger partial charge in [0, 0.05) is 54.7 Å². The number of hydrogen-bond acceptors (Lipinski definition) is 14. The summed E-state index contributed by atoms with van der Waals surface area (Å²) in [4.78, 5) is 171. The molecule has 1 heterocycles. The van der Waals surface area contributed by atoms with Gasteiger partial charge in [-0.2, -0.15) is 0 Å². The van der Waals surface area contributed by atoms with Crippen LogP contribution in [0.1, 0.15) is 136 Å². The monoisotopic (exact) mass is 1270 g/mol. The van der Waals surface area contributed by atoms with Gasteiger partial charge in [-0.1, -0.05) is 107 Å². The number of ether oxygens (including phenoxy) is 1. The molecule has 11 amide bonds. The molecule has 1 aliphatic heterocycles. The van der Waals surface area contributed by atoms with Gasteiger partial charge in [0.05, 0.1) is 25.4 Å². The van der Waals surface area contributed by atoms with E-state index in [0.29, 0.717) is 0 Å². The number of likely N-dealkylation sites (N-methyl/N-ethyl adjacent to an activating group) is 6. The van der Waals surface area contributed by atoms with Gasteiger partial charge in [0.1, 0.15) is 66.5 Å². The fourth-order valence-corrected chi connectivity index (χ4v) is 11.3. The predicted molar refractivity (Wildman–Crippen MR) is 345 cm³/mol. The normalized spacial score (nSPS) is 27.1. The Hall–Kier alpha value is -6.73. The SMILES string of the molecule is C=CCO[C@H](C)C1C(=O)N[C@@H](C(C)C)C(=O)N(C)[C@@H](CC(C)C)C(=O)N[C@@H](C)C(=O)N[C@H](C)C(=O)N(C)[C@@H](CC(C)C)C(=O)N(C)[C@@H](CC(C)C)C(=O)N(C)[C@@H](C(C)C)C(=O)N(C)[C@@H]([C@H](O)[C@H](C)/C=C/C)C(=O)N[C@@H](CC)C(=O)N(CC=C)[C@H](CO)C(=O)N1C. The zero-order chi connectivity index (χ0) is 69.7. The van der Waals surface area contributed by atoms with Gasteiger partial charge < -0.3 is 70.5 Å². The average Bonchev–Trinajstić information content (AvgIpc) is 0.884. The standard InChI is InChI=1S/C65H113N11O14/c1-25-29-41(15)54(78)53-58(82)68-45(28-4)60(84)76(30-26-2)49(35-77)63(87)74(23)52(44(18)90-31-27-3)57(81)69-50(39(11)12)64(88)70(19)46(32-36(5)6)56(80)66-42(16)55(79)67-43(17)59(83)71(20)47(33-37(7)8)61(85)72(21)48(34-38(9)10)62(86)73(22)51(40(13)14)65(89)75(53)24/h25-27,29,36-54,77-78H,2-3,28,30-35H2,1,4-24H3,(H,66,80)(H,67,79)(H,68,82)(H,69,81)/b29-25+/t41-,42+,43-,44-,45+,46+,47+,48+,49-,50+,51+,52?,53+,54-/m1/s1. The Morgan fingerprint density at radius 1 is 0.500 bits per heavy atom. The van der Waals surface area contributed by atoms with Crippen LogP contribution in [0.5, 0.6) is 0 Å². The third kappa shape index (κ3) is 21.7. The Morgan fingerprint density at radius 3 is 1.40 bits per heavy atom. The highest BCUT2D eigenvalue weighted by atomic mass is 16.5. The molecule has 512 valence electrons. The van der Waals surface area contributed by atoms with Crippen molar-refractivity contribution in [2.45, 2.75) is 215 Å². The molecule has 14 atom stereocenters. The van der Waals surface area contributed by atoms with E-state index in [1.165, 1.54) is 94.8 Å². The molecule has 0 bridgehead atoms. The first-order valence-corrected chi connectivity index (χ1v) is 31.6. The van der Waals surface area contributed by atoms with Gasteiger partial charge in [-0.05, 0) is 83.0 Å². The van der Waals surface area contributed by atoms with Crippen LogP contribution in [0, 0.1) is 35.5 Å². The molecule has 6 N–H and O–H groups in total. The molecule has 0 aliphatic carbocycles. The summed E-state index contributed by atoms with van der Waals surface area (Å²) in [5.41, 5.74) is 0. The maximum Gasteiger partial charge on any atom is 0.248 e. The molecule has 0 radical (unpaired) electrons. The van der Waals surface area contributed by atoms with E-state index < -0.39 is 168 Å². The highest BCUT2D eigenvalue weighted by Gasteiger charge is 2.47. The number of nitrogens with zero attached hydrogens (tertiary/aromatic N) is 7. The Balaban J connectivity index is 4.54. The number of hydrogen-bond donors (Lipinski definition) is 6. The number of carbonyl (C=O) groups is 11. The summed E-state index contributed by atoms with van der Waals surface area (Å²) in [7, 11) is 8.21. The Morgan fingerprint density at radius 2 is 0.944 bits per heavy atom. The first-order chi connectivity index (χ1) is 41.8. The van der Waals surface area contributed by atoms with Gasteiger partial charge >= 0.3 is 0 Å². The molecule has 0 aromatic heterocycles. The molecule has 0 spiro atoms. The van der Waals surface area contributed by atoms with Crippen LogP contribution in [0.4, 0.5) is 0 Å². The zero-order valence-electron chi connectivity index (χ0n) is 58.1. The number of nitrogens with one attached hydrogen (secondary N) is 4. The maximum atomic E-state index is 15.2. The minimum atomic E-state index is -1.74. The van der Waals surface area contributed by atoms with Crippen molar-refractivity contribution < 1.29 is 67.7 Å². The molecule has 1 saturated heterocycles. The highest BCUT2D eigenvalue weighted by molar-refractivity contribution is 6.00. The van der Waals surface area contributed by atoms with Crippen molar-refractivity contribution >= 4 is 65.0 Å². The third-order valence-corrected chi connectivity index (χ3v) is 16.6. The quantitative estimate of drug-likeness (QED) is 0.101. The van der Waals surface area contributed by atoms with Gasteiger partial charge in [0.25, 0.3) is 0 Å². The minimum Gasteiger partial charge on any atom is -0.394 e. The second-order valence-electron chi connectivity index (χ2n) is 26.0. The largest absolute Gasteiger partial charge is 0.394 e. The molecule has 25 nitrogen and oxygen atoms in total. The van der Waals surface area contributed by atoms with Crippen molar-refractivity contribution in [1.29, 1.82) is 0 Å². The van der Waals surface area contributed by atoms with Crippen LogP contribution in [0.25, 0.3) is 0 Å². The van der Waals surface area contributed by atoms with Gasteiger partial charge in [-0.15, -0.1) is 13.2 Å². The van der Waals surface area contributed by atoms with Gasteiger partial charge in [-0.25, -0.2) is 0 Å². The number of rotatable bonds is 19. The summed E-state index contributed by atoms with van der Waals surface area (Å²) in [6.07, 6.45) is 3.46. The summed E-state index contributed by atoms with van der Waals surface area (Å²) < 4.78 is 5.93. The topological polar surface area (TPSA) is 308 Å². The van der Waals surface area contributed by atoms with Crippen molar-refractivity contribution in [2.24, 2.45) is 35.5 Å². The third-order valence-electron chi connectivity index (χ3n) is 16.6. The van der Waals surface area contributed by atoms with Gasteiger partial charge in [0.2, 0.25) is 65.0 Å². The van der Waals surface area contributed by atoms with E-state index in [1.54, 1.807) is 60.6 Å². The number of amides is 11. The van der Waals surface area contributed by atoms with E-state index in [2.05, 4.69) is 34.4 Å². The van der Waals surface area contributed by atoms with Crippen molar-refractivity contribution in [1.82, 2.24) is 55.6 Å². The zero-order valence-corrected chi connectivity index (χ0v) is 58.1. The van der Waals surface area contributed by atoms with Crippen molar-refractivity contribution in [3.63, 3.8) is 0 Å². The maximum absolute atomic E-state index is 15.2. The Kier molecular flexibility index (Phi) is 33.9. The summed E-state index contributed by atoms with van der Waals surface area (Å²) in [6, 6.07) is -15.3. The Labute approximate surface area is 536 Å². The lowest BCUT2D eigenvalue weighted by Gasteiger charge is -2.41. The van der Waals surface area contributed by atoms with E-state index in [9.17, 15) is 48.6 Å². The van der Waals surface area contributed by atoms with Crippen molar-refractivity contribution in [3.8, 4) is 0 Å². The summed E-state index contributed by atoms with van der Waals surface area (Å²) in [5.74, 6) is -11.2. The van der Waals surface area contributed by atoms with Crippen LogP contribution in [0.2, 0.25) is 0 Å². The molecule has 25 heteroatoms. The Bertz CT molecular complexity index is 2510. The fraction of sp³-hybridized carbons (Fsp3) is 0.738. The molecule has 0 aromatic carbocycles. The van der Waals surface area contributed by atoms with E-state index in [-0.39, 0.29) is 56.6 Å². The molecule has 1 aliphatic rings. The molecule has 1 unspecified atom stereocenters. The van der Waals surface area contributed by atoms with Crippen molar-refractivity contribution in [3.05, 3.63) is 37.5 Å². The molecule has 1 fully saturated rings. The summed E-state index contributed by atoms with van der Waals surface area (Å²) >= 11 is 0. The van der Waals surface area contributed by atoms with Gasteiger partial charge in [0.15, 0.2) is 0 Å². The molecule has 0 aromatic rings. The molecule has 1 rings (SSSR count). The van der Waals surface area contributed by atoms with E-state index in [1.807, 2.05) is 41.5 Å². The van der Waals surface area contributed by atoms with E-state index in [0.717, 1.165) is 14.7 Å². The van der Waals surface area contributed by atoms with E-state index in [4.69, 9.17) is 4.74 Å². The smallest absolute Gasteiger partial charge is 0.248 e. The number of allylic oxidation sites excluding steroid dienone is 1. The number of carbonyl (C=O) groups excluding carboxylic acids is 11. The fourth-order valence-electron chi connectivity index (χ4n) is 11.3. The molecular weight excluding hydrogens is 1160 g/mol. The van der Waals surface area contributed by atoms with Crippen LogP contribution in [-0.2, 0) is 57.5 Å². The summed E-state index contributed by atoms with van der Waals surface area (Å²) in [5, 5.41) is 34.0. The number of aliphatic hydroxyl groups is 2. The lowest BCUT2D eigenvalue weighted by atomic mass is 9.93. The van der Waals surface area contributed by atoms with Crippen LogP contribution in [0.15, 0.2) is 37.5 Å². The lowest BCUT2D eigenvalue weighted by molar-refractivity contribution is -0.157. The van der Waals surface area contributed by atoms with Crippen LogP contribution >= 0.6 is 0 Å². The molecule has 90 heavy (non-hydrogen) atoms. The minimum absolute atomic E-state index is 0.0909. The van der Waals surface area contributed by atoms with Crippen molar-refractivity contribution in [2.75, 3.05) is 62.0 Å². The second-order valence-corrected chi connectivity index (χ2v) is 26.0. The number of aliphatic hydroxyl groups excluding tert-OH is 2. The summed E-state index contributed by atoms with van der Waals surface area (Å²) in [6.45, 7) is 33.0. The molecule has 0 saturated carbocycles. The predicted octanol–water partition coefficient (Wildman–Crippen LogP) is 2.34. The first kappa shape index (κ1) is 81.3. The highest BCUT2D eigenvalue weighted by Crippen LogP contribution is 2.26. The second kappa shape index (κ2) is 37.6. The average molecular weight is 1270 g/mol. The van der Waals surface area contributed by atoms with Crippen LogP contribution < -0.4 is 21.3 Å². The van der Waals surface area contributed by atoms with E-state index >= 15 is 14.4 Å². The van der Waals surface area contributed by atoms with Crippen LogP contribution in [-0.4, -0.2) is 250 Å². The van der Waals surface area contributed by atoms with Crippen LogP contribution in [0.3, 0.4) is 0 Å². The first-order valence-electron chi connectivity index (χ1n) is 31.6.